The number of Topliss-reactive ketones (excluding diaryl/α,β-unsaturated/α-hetero) is 2. The predicted octanol–water partition coefficient (Wildman–Crippen LogP) is 9.10. The van der Waals surface area contributed by atoms with Gasteiger partial charge in [-0.2, -0.15) is 4.98 Å². The smallest absolute Gasteiger partial charge is 0.255 e. The standard InChI is InChI=1S/C51H57FN6O8S/c1-33-28-54-50(57-48(33)55-38-10-8-12-41(26-38)67(63,64)32-51(2,3)4)56-37-19-21-40(22-20-37)65-23-7-5-6-14-47(61)53-29-34-15-17-35(18-16-34)31-66-46-25-36(52)24-42-43(46)30-58(49(42)62)44-13-9-11-39(59)27-45(44)60/h8,10,12,15-22,24-26,28,44H,5-7,9,11,13-14,23,27,29-32H2,1-4H3,(H,53,61)(H2,54,55,56,57)/t44-/m0/s1. The summed E-state index contributed by atoms with van der Waals surface area (Å²) in [4.78, 5) is 61.3. The number of nitrogens with zero attached hydrogens (tertiary/aromatic N) is 3. The number of rotatable bonds is 19. The van der Waals surface area contributed by atoms with Crippen LogP contribution in [0.1, 0.15) is 105 Å². The van der Waals surface area contributed by atoms with E-state index in [1.807, 2.05) is 76.2 Å². The average molecular weight is 933 g/mol. The van der Waals surface area contributed by atoms with Gasteiger partial charge in [-0.15, -0.1) is 0 Å². The van der Waals surface area contributed by atoms with Crippen LogP contribution >= 0.6 is 0 Å². The molecule has 1 aliphatic carbocycles. The van der Waals surface area contributed by atoms with Crippen LogP contribution in [-0.4, -0.2) is 65.1 Å². The number of hydrogen-bond acceptors (Lipinski definition) is 12. The lowest BCUT2D eigenvalue weighted by Crippen LogP contribution is -2.41. The van der Waals surface area contributed by atoms with Gasteiger partial charge in [0.05, 0.1) is 41.8 Å². The summed E-state index contributed by atoms with van der Waals surface area (Å²) in [6.07, 6.45) is 5.44. The third kappa shape index (κ3) is 13.2. The molecule has 2 aliphatic rings. The highest BCUT2D eigenvalue weighted by Gasteiger charge is 2.39. The topological polar surface area (TPSA) is 186 Å². The summed E-state index contributed by atoms with van der Waals surface area (Å²) < 4.78 is 52.5. The maximum Gasteiger partial charge on any atom is 0.255 e. The number of fused-ring (bicyclic) bond motifs is 1. The Kier molecular flexibility index (Phi) is 15.3. The molecule has 1 saturated carbocycles. The Bertz CT molecular complexity index is 2720. The average Bonchev–Trinajstić information content (AvgIpc) is 3.50. The molecule has 0 spiro atoms. The van der Waals surface area contributed by atoms with Gasteiger partial charge in [-0.1, -0.05) is 51.1 Å². The van der Waals surface area contributed by atoms with E-state index in [0.717, 1.165) is 35.2 Å². The van der Waals surface area contributed by atoms with E-state index in [0.29, 0.717) is 74.0 Å². The van der Waals surface area contributed by atoms with Gasteiger partial charge in [0.15, 0.2) is 15.6 Å². The van der Waals surface area contributed by atoms with Crippen LogP contribution < -0.4 is 25.4 Å². The molecule has 0 unspecified atom stereocenters. The molecule has 2 heterocycles. The molecule has 7 rings (SSSR count). The number of benzene rings is 4. The number of sulfone groups is 1. The van der Waals surface area contributed by atoms with Gasteiger partial charge in [0.1, 0.15) is 35.5 Å². The lowest BCUT2D eigenvalue weighted by atomic mass is 10.0. The number of hydrogen-bond donors (Lipinski definition) is 3. The highest BCUT2D eigenvalue weighted by atomic mass is 32.2. The van der Waals surface area contributed by atoms with Crippen LogP contribution in [0.2, 0.25) is 0 Å². The summed E-state index contributed by atoms with van der Waals surface area (Å²) >= 11 is 0. The number of amides is 2. The zero-order valence-electron chi connectivity index (χ0n) is 38.3. The van der Waals surface area contributed by atoms with E-state index < -0.39 is 27.6 Å². The molecule has 0 bridgehead atoms. The van der Waals surface area contributed by atoms with E-state index in [1.54, 1.807) is 30.5 Å². The molecule has 3 N–H and O–H groups in total. The highest BCUT2D eigenvalue weighted by molar-refractivity contribution is 7.91. The molecule has 1 aromatic heterocycles. The Morgan fingerprint density at radius 3 is 2.42 bits per heavy atom. The molecule has 1 fully saturated rings. The zero-order valence-corrected chi connectivity index (χ0v) is 39.1. The van der Waals surface area contributed by atoms with Crippen LogP contribution in [0.3, 0.4) is 0 Å². The van der Waals surface area contributed by atoms with Gasteiger partial charge in [-0.25, -0.2) is 17.8 Å². The van der Waals surface area contributed by atoms with Crippen molar-refractivity contribution in [2.24, 2.45) is 5.41 Å². The molecule has 14 nitrogen and oxygen atoms in total. The first-order chi connectivity index (χ1) is 32.0. The minimum absolute atomic E-state index is 0.0363. The quantitative estimate of drug-likeness (QED) is 0.0406. The van der Waals surface area contributed by atoms with E-state index in [9.17, 15) is 32.0 Å². The van der Waals surface area contributed by atoms with Crippen molar-refractivity contribution in [2.75, 3.05) is 23.0 Å². The molecule has 2 amide bonds. The fourth-order valence-corrected chi connectivity index (χ4v) is 9.93. The molecule has 1 atom stereocenters. The summed E-state index contributed by atoms with van der Waals surface area (Å²) in [7, 11) is -3.47. The molecule has 67 heavy (non-hydrogen) atoms. The van der Waals surface area contributed by atoms with Crippen LogP contribution in [0.25, 0.3) is 0 Å². The van der Waals surface area contributed by atoms with Crippen LogP contribution in [0, 0.1) is 18.2 Å². The lowest BCUT2D eigenvalue weighted by molar-refractivity contribution is -0.128. The first-order valence-corrected chi connectivity index (χ1v) is 24.2. The third-order valence-electron chi connectivity index (χ3n) is 11.4. The number of aromatic nitrogens is 2. The molecule has 16 heteroatoms. The monoisotopic (exact) mass is 932 g/mol. The number of unbranched alkanes of at least 4 members (excludes halogenated alkanes) is 2. The normalized spacial score (nSPS) is 15.2. The van der Waals surface area contributed by atoms with Gasteiger partial charge in [-0.3, -0.25) is 19.2 Å². The first-order valence-electron chi connectivity index (χ1n) is 22.6. The van der Waals surface area contributed by atoms with Crippen molar-refractivity contribution in [1.29, 1.82) is 0 Å². The SMILES string of the molecule is Cc1cnc(Nc2ccc(OCCCCCC(=O)NCc3ccc(COc4cc(F)cc5c4CN([C@H]4CCCC(=O)CC4=O)C5=O)cc3)cc2)nc1Nc1cccc(S(=O)(=O)CC(C)(C)C)c1. The van der Waals surface area contributed by atoms with Crippen LogP contribution in [0.5, 0.6) is 11.5 Å². The number of aryl methyl sites for hydroxylation is 1. The van der Waals surface area contributed by atoms with Crippen molar-refractivity contribution in [2.45, 2.75) is 110 Å². The molecule has 352 valence electrons. The number of anilines is 4. The summed E-state index contributed by atoms with van der Waals surface area (Å²) in [6.45, 7) is 8.67. The molecule has 0 saturated heterocycles. The van der Waals surface area contributed by atoms with Gasteiger partial charge in [0.2, 0.25) is 11.9 Å². The minimum atomic E-state index is -3.47. The van der Waals surface area contributed by atoms with E-state index in [-0.39, 0.29) is 64.4 Å². The van der Waals surface area contributed by atoms with Gasteiger partial charge in [-0.05, 0) is 104 Å². The van der Waals surface area contributed by atoms with Gasteiger partial charge in [0.25, 0.3) is 5.91 Å². The number of carbonyl (C=O) groups is 4. The van der Waals surface area contributed by atoms with E-state index in [1.165, 1.54) is 17.0 Å². The first kappa shape index (κ1) is 48.3. The molecule has 4 aromatic carbocycles. The fourth-order valence-electron chi connectivity index (χ4n) is 8.03. The molecular weight excluding hydrogens is 876 g/mol. The summed E-state index contributed by atoms with van der Waals surface area (Å²) in [5.41, 5.74) is 4.20. The Morgan fingerprint density at radius 1 is 0.896 bits per heavy atom. The van der Waals surface area contributed by atoms with Crippen molar-refractivity contribution in [3.05, 3.63) is 125 Å². The van der Waals surface area contributed by atoms with Crippen molar-refractivity contribution in [3.63, 3.8) is 0 Å². The van der Waals surface area contributed by atoms with E-state index >= 15 is 0 Å². The second-order valence-corrected chi connectivity index (χ2v) is 20.3. The zero-order chi connectivity index (χ0) is 47.7. The maximum absolute atomic E-state index is 14.6. The van der Waals surface area contributed by atoms with Crippen molar-refractivity contribution in [1.82, 2.24) is 20.2 Å². The van der Waals surface area contributed by atoms with Crippen LogP contribution in [0.4, 0.5) is 27.5 Å². The molecular formula is C51H57FN6O8S. The summed E-state index contributed by atoms with van der Waals surface area (Å²) in [5, 5.41) is 9.41. The highest BCUT2D eigenvalue weighted by Crippen LogP contribution is 2.36. The molecule has 5 aromatic rings. The number of ketones is 2. The van der Waals surface area contributed by atoms with Crippen LogP contribution in [-0.2, 0) is 43.9 Å². The molecule has 1 aliphatic heterocycles. The lowest BCUT2D eigenvalue weighted by Gasteiger charge is -2.25. The Morgan fingerprint density at radius 2 is 1.66 bits per heavy atom. The molecule has 0 radical (unpaired) electrons. The number of nitrogens with one attached hydrogen (secondary N) is 3. The largest absolute Gasteiger partial charge is 0.494 e. The minimum Gasteiger partial charge on any atom is -0.494 e. The third-order valence-corrected chi connectivity index (χ3v) is 13.6. The Labute approximate surface area is 391 Å². The number of ether oxygens (including phenoxy) is 2. The fraction of sp³-hybridized carbons (Fsp3) is 0.373. The van der Waals surface area contributed by atoms with Gasteiger partial charge >= 0.3 is 0 Å². The second-order valence-electron chi connectivity index (χ2n) is 18.3. The van der Waals surface area contributed by atoms with Crippen molar-refractivity contribution >= 4 is 56.4 Å². The van der Waals surface area contributed by atoms with Gasteiger partial charge in [0, 0.05) is 54.2 Å². The van der Waals surface area contributed by atoms with Crippen molar-refractivity contribution in [3.8, 4) is 11.5 Å². The summed E-state index contributed by atoms with van der Waals surface area (Å²) in [5.74, 6) is 0.400. The summed E-state index contributed by atoms with van der Waals surface area (Å²) in [6, 6.07) is 23.4. The predicted molar refractivity (Wildman–Crippen MR) is 253 cm³/mol. The Hall–Kier alpha value is -6.68. The maximum atomic E-state index is 14.6. The van der Waals surface area contributed by atoms with E-state index in [4.69, 9.17) is 9.47 Å². The number of halogens is 1. The van der Waals surface area contributed by atoms with Crippen LogP contribution in [0.15, 0.2) is 96.0 Å². The van der Waals surface area contributed by atoms with Crippen molar-refractivity contribution < 1.29 is 41.5 Å². The second kappa shape index (κ2) is 21.3. The number of carbonyl (C=O) groups excluding carboxylic acids is 4. The van der Waals surface area contributed by atoms with E-state index in [2.05, 4.69) is 25.9 Å². The Balaban J connectivity index is 0.789. The van der Waals surface area contributed by atoms with Gasteiger partial charge < -0.3 is 30.3 Å².